The molecular formula is C17H14ClN5O2. The van der Waals surface area contributed by atoms with E-state index in [1.807, 2.05) is 30.3 Å². The molecule has 3 aromatic rings. The van der Waals surface area contributed by atoms with Crippen molar-refractivity contribution in [2.24, 2.45) is 5.10 Å². The van der Waals surface area contributed by atoms with E-state index in [2.05, 4.69) is 20.7 Å². The standard InChI is InChI=1S/C17H14ClN5O2/c18-14-8-6-13(7-9-14)11-20-23-17(25)15(21-22-23)16(24)19-10-12-4-2-1-3-5-12/h1-9,11,22H,10H2,(H,19,24). The van der Waals surface area contributed by atoms with Crippen LogP contribution in [-0.4, -0.2) is 27.2 Å². The Hall–Kier alpha value is -3.19. The Morgan fingerprint density at radius 1 is 1.20 bits per heavy atom. The van der Waals surface area contributed by atoms with Crippen molar-refractivity contribution in [3.05, 3.63) is 86.8 Å². The zero-order chi connectivity index (χ0) is 17.6. The average molecular weight is 356 g/mol. The summed E-state index contributed by atoms with van der Waals surface area (Å²) in [6.07, 6.45) is 1.46. The molecule has 0 atom stereocenters. The van der Waals surface area contributed by atoms with Crippen LogP contribution >= 0.6 is 11.6 Å². The van der Waals surface area contributed by atoms with Crippen molar-refractivity contribution in [3.63, 3.8) is 0 Å². The van der Waals surface area contributed by atoms with Gasteiger partial charge < -0.3 is 5.32 Å². The Morgan fingerprint density at radius 2 is 1.92 bits per heavy atom. The van der Waals surface area contributed by atoms with Crippen LogP contribution in [0.2, 0.25) is 5.02 Å². The van der Waals surface area contributed by atoms with Gasteiger partial charge in [0.1, 0.15) is 0 Å². The number of halogens is 1. The lowest BCUT2D eigenvalue weighted by atomic mass is 10.2. The number of benzene rings is 2. The zero-order valence-corrected chi connectivity index (χ0v) is 13.8. The van der Waals surface area contributed by atoms with E-state index in [-0.39, 0.29) is 5.69 Å². The lowest BCUT2D eigenvalue weighted by molar-refractivity contribution is 0.0944. The van der Waals surface area contributed by atoms with E-state index in [1.54, 1.807) is 24.3 Å². The van der Waals surface area contributed by atoms with E-state index in [1.165, 1.54) is 6.21 Å². The van der Waals surface area contributed by atoms with Gasteiger partial charge in [0.2, 0.25) is 5.69 Å². The maximum absolute atomic E-state index is 12.2. The van der Waals surface area contributed by atoms with Crippen LogP contribution in [0.3, 0.4) is 0 Å². The Kier molecular flexibility index (Phi) is 5.06. The maximum Gasteiger partial charge on any atom is 0.320 e. The molecule has 0 aliphatic carbocycles. The van der Waals surface area contributed by atoms with Gasteiger partial charge in [0.05, 0.1) is 6.21 Å². The number of amides is 1. The van der Waals surface area contributed by atoms with Crippen LogP contribution < -0.4 is 10.9 Å². The molecule has 3 rings (SSSR count). The van der Waals surface area contributed by atoms with Gasteiger partial charge in [-0.05, 0) is 23.3 Å². The maximum atomic E-state index is 12.2. The molecule has 0 saturated heterocycles. The van der Waals surface area contributed by atoms with Gasteiger partial charge in [-0.15, -0.1) is 9.89 Å². The Labute approximate surface area is 147 Å². The van der Waals surface area contributed by atoms with Crippen molar-refractivity contribution < 1.29 is 4.79 Å². The first-order valence-corrected chi connectivity index (χ1v) is 7.81. The predicted molar refractivity (Wildman–Crippen MR) is 94.9 cm³/mol. The summed E-state index contributed by atoms with van der Waals surface area (Å²) in [6, 6.07) is 16.3. The lowest BCUT2D eigenvalue weighted by Crippen LogP contribution is -2.29. The van der Waals surface area contributed by atoms with Gasteiger partial charge in [-0.2, -0.15) is 10.3 Å². The fraction of sp³-hybridized carbons (Fsp3) is 0.0588. The number of hydrogen-bond donors (Lipinski definition) is 2. The third-order valence-electron chi connectivity index (χ3n) is 3.35. The Bertz CT molecular complexity index is 945. The number of H-pyrrole nitrogens is 1. The van der Waals surface area contributed by atoms with E-state index in [4.69, 9.17) is 11.6 Å². The highest BCUT2D eigenvalue weighted by molar-refractivity contribution is 6.30. The normalized spacial score (nSPS) is 10.9. The van der Waals surface area contributed by atoms with Gasteiger partial charge in [0.25, 0.3) is 5.91 Å². The zero-order valence-electron chi connectivity index (χ0n) is 13.0. The number of nitrogens with zero attached hydrogens (tertiary/aromatic N) is 3. The van der Waals surface area contributed by atoms with E-state index in [0.29, 0.717) is 11.6 Å². The molecule has 25 heavy (non-hydrogen) atoms. The monoisotopic (exact) mass is 355 g/mol. The predicted octanol–water partition coefficient (Wildman–Crippen LogP) is 2.04. The van der Waals surface area contributed by atoms with Gasteiger partial charge in [-0.3, -0.25) is 9.59 Å². The van der Waals surface area contributed by atoms with E-state index in [9.17, 15) is 9.59 Å². The first kappa shape index (κ1) is 16.7. The molecule has 0 saturated carbocycles. The van der Waals surface area contributed by atoms with Crippen LogP contribution in [0.1, 0.15) is 21.6 Å². The summed E-state index contributed by atoms with van der Waals surface area (Å²) in [5.41, 5.74) is 0.799. The van der Waals surface area contributed by atoms with Crippen molar-refractivity contribution in [1.29, 1.82) is 0 Å². The molecule has 2 N–H and O–H groups in total. The van der Waals surface area contributed by atoms with Crippen molar-refractivity contribution in [3.8, 4) is 0 Å². The summed E-state index contributed by atoms with van der Waals surface area (Å²) in [5.74, 6) is -0.564. The average Bonchev–Trinajstić information content (AvgIpc) is 3.01. The van der Waals surface area contributed by atoms with Crippen LogP contribution in [0, 0.1) is 0 Å². The third-order valence-corrected chi connectivity index (χ3v) is 3.61. The molecule has 1 aromatic heterocycles. The van der Waals surface area contributed by atoms with Crippen LogP contribution in [0.25, 0.3) is 0 Å². The minimum atomic E-state index is -0.629. The van der Waals surface area contributed by atoms with Gasteiger partial charge in [0, 0.05) is 11.6 Å². The van der Waals surface area contributed by atoms with Crippen molar-refractivity contribution >= 4 is 23.7 Å². The number of carbonyl (C=O) groups excluding carboxylic acids is 1. The molecule has 0 aliphatic heterocycles. The molecule has 0 unspecified atom stereocenters. The second-order valence-corrected chi connectivity index (χ2v) is 5.58. The number of carbonyl (C=O) groups is 1. The largest absolute Gasteiger partial charge is 0.346 e. The fourth-order valence-corrected chi connectivity index (χ4v) is 2.18. The molecule has 0 bridgehead atoms. The van der Waals surface area contributed by atoms with Crippen molar-refractivity contribution in [2.45, 2.75) is 6.54 Å². The van der Waals surface area contributed by atoms with E-state index < -0.39 is 11.5 Å². The number of hydrogen-bond acceptors (Lipinski definition) is 4. The second-order valence-electron chi connectivity index (χ2n) is 5.14. The third kappa shape index (κ3) is 4.21. The van der Waals surface area contributed by atoms with Gasteiger partial charge >= 0.3 is 5.56 Å². The summed E-state index contributed by atoms with van der Waals surface area (Å²) >= 11 is 5.81. The van der Waals surface area contributed by atoms with Crippen LogP contribution in [0.4, 0.5) is 0 Å². The summed E-state index contributed by atoms with van der Waals surface area (Å²) in [7, 11) is 0. The molecule has 1 heterocycles. The number of nitrogens with one attached hydrogen (secondary N) is 2. The second kappa shape index (κ2) is 7.59. The molecule has 126 valence electrons. The summed E-state index contributed by atoms with van der Waals surface area (Å²) in [4.78, 5) is 25.2. The van der Waals surface area contributed by atoms with E-state index in [0.717, 1.165) is 15.9 Å². The minimum absolute atomic E-state index is 0.246. The highest BCUT2D eigenvalue weighted by Gasteiger charge is 2.16. The summed E-state index contributed by atoms with van der Waals surface area (Å²) in [6.45, 7) is 0.306. The van der Waals surface area contributed by atoms with Gasteiger partial charge in [-0.25, -0.2) is 0 Å². The van der Waals surface area contributed by atoms with Gasteiger partial charge in [-0.1, -0.05) is 54.1 Å². The van der Waals surface area contributed by atoms with Crippen molar-refractivity contribution in [2.75, 3.05) is 0 Å². The summed E-state index contributed by atoms with van der Waals surface area (Å²) in [5, 5.41) is 13.4. The minimum Gasteiger partial charge on any atom is -0.346 e. The first-order valence-electron chi connectivity index (χ1n) is 7.43. The Balaban J connectivity index is 1.69. The molecule has 7 nitrogen and oxygen atoms in total. The first-order chi connectivity index (χ1) is 12.1. The van der Waals surface area contributed by atoms with Crippen LogP contribution in [0.5, 0.6) is 0 Å². The highest BCUT2D eigenvalue weighted by Crippen LogP contribution is 2.07. The van der Waals surface area contributed by atoms with Crippen LogP contribution in [-0.2, 0) is 6.54 Å². The molecule has 0 spiro atoms. The highest BCUT2D eigenvalue weighted by atomic mass is 35.5. The number of rotatable bonds is 5. The van der Waals surface area contributed by atoms with Gasteiger partial charge in [0.15, 0.2) is 0 Å². The molecular weight excluding hydrogens is 342 g/mol. The topological polar surface area (TPSA) is 92.1 Å². The van der Waals surface area contributed by atoms with E-state index >= 15 is 0 Å². The van der Waals surface area contributed by atoms with Crippen LogP contribution in [0.15, 0.2) is 64.5 Å². The Morgan fingerprint density at radius 3 is 2.64 bits per heavy atom. The lowest BCUT2D eigenvalue weighted by Gasteiger charge is -2.01. The number of aromatic amines is 1. The van der Waals surface area contributed by atoms with Crippen molar-refractivity contribution in [1.82, 2.24) is 20.4 Å². The molecule has 1 amide bonds. The quantitative estimate of drug-likeness (QED) is 0.686. The molecule has 0 fully saturated rings. The summed E-state index contributed by atoms with van der Waals surface area (Å²) < 4.78 is 0. The molecule has 0 radical (unpaired) electrons. The smallest absolute Gasteiger partial charge is 0.320 e. The molecule has 8 heteroatoms. The number of aromatic nitrogens is 3. The molecule has 0 aliphatic rings. The fourth-order valence-electron chi connectivity index (χ4n) is 2.05. The molecule has 2 aromatic carbocycles. The SMILES string of the molecule is O=C(NCc1ccccc1)c1n[nH]n(N=Cc2ccc(Cl)cc2)c1=O.